The summed E-state index contributed by atoms with van der Waals surface area (Å²) in [5, 5.41) is 4.62. The Morgan fingerprint density at radius 2 is 2.12 bits per heavy atom. The lowest BCUT2D eigenvalue weighted by Gasteiger charge is -2.36. The Kier molecular flexibility index (Phi) is 3.82. The van der Waals surface area contributed by atoms with E-state index in [1.807, 2.05) is 29.3 Å². The number of rotatable bonds is 3. The highest BCUT2D eigenvalue weighted by Gasteiger charge is 2.31. The van der Waals surface area contributed by atoms with Gasteiger partial charge in [-0.15, -0.1) is 0 Å². The molecule has 2 aromatic heterocycles. The highest BCUT2D eigenvalue weighted by atomic mass is 35.5. The number of fused-ring (bicyclic) bond motifs is 1. The molecule has 1 unspecified atom stereocenters. The molecule has 1 aromatic carbocycles. The molecule has 6 nitrogen and oxygen atoms in total. The number of hydrogen-bond donors (Lipinski definition) is 0. The molecule has 1 aliphatic heterocycles. The Labute approximate surface area is 144 Å². The summed E-state index contributed by atoms with van der Waals surface area (Å²) in [6.07, 6.45) is 6.92. The zero-order valence-electron chi connectivity index (χ0n) is 12.9. The molecular weight excluding hydrogens is 326 g/mol. The molecule has 0 bridgehead atoms. The summed E-state index contributed by atoms with van der Waals surface area (Å²) in [6, 6.07) is 10.1. The second kappa shape index (κ2) is 6.13. The van der Waals surface area contributed by atoms with Gasteiger partial charge >= 0.3 is 0 Å². The lowest BCUT2D eigenvalue weighted by atomic mass is 10.0. The first-order chi connectivity index (χ1) is 11.7. The molecular formula is C17H16ClN5O. The maximum absolute atomic E-state index is 12.9. The minimum absolute atomic E-state index is 0.00197. The Bertz CT molecular complexity index is 857. The van der Waals surface area contributed by atoms with Crippen LogP contribution in [0, 0.1) is 0 Å². The van der Waals surface area contributed by atoms with Crippen molar-refractivity contribution in [3.05, 3.63) is 71.5 Å². The predicted molar refractivity (Wildman–Crippen MR) is 89.2 cm³/mol. The minimum Gasteiger partial charge on any atom is -0.331 e. The molecule has 0 fully saturated rings. The third kappa shape index (κ3) is 2.80. The van der Waals surface area contributed by atoms with Gasteiger partial charge in [-0.25, -0.2) is 4.98 Å². The van der Waals surface area contributed by atoms with Crippen LogP contribution in [0.5, 0.6) is 0 Å². The fourth-order valence-corrected chi connectivity index (χ4v) is 3.24. The van der Waals surface area contributed by atoms with Crippen LogP contribution >= 0.6 is 11.6 Å². The second-order valence-corrected chi connectivity index (χ2v) is 6.24. The van der Waals surface area contributed by atoms with E-state index in [0.717, 1.165) is 11.4 Å². The van der Waals surface area contributed by atoms with E-state index in [0.29, 0.717) is 18.1 Å². The topological polar surface area (TPSA) is 56.0 Å². The van der Waals surface area contributed by atoms with E-state index in [4.69, 9.17) is 11.6 Å². The standard InChI is InChI=1S/C17H16ClN5O/c18-14-8-20-22(9-14)12-17(24)23-11-16-19-6-7-21(16)10-15(23)13-4-2-1-3-5-13/h1-9,15H,10-12H2. The zero-order chi connectivity index (χ0) is 16.5. The Morgan fingerprint density at radius 1 is 1.29 bits per heavy atom. The van der Waals surface area contributed by atoms with Crippen LogP contribution in [0.1, 0.15) is 17.4 Å². The molecule has 3 aromatic rings. The molecule has 4 rings (SSSR count). The molecule has 0 saturated heterocycles. The van der Waals surface area contributed by atoms with Gasteiger partial charge in [-0.2, -0.15) is 5.10 Å². The molecule has 24 heavy (non-hydrogen) atoms. The molecule has 1 aliphatic rings. The number of aromatic nitrogens is 4. The smallest absolute Gasteiger partial charge is 0.245 e. The summed E-state index contributed by atoms with van der Waals surface area (Å²) < 4.78 is 3.67. The van der Waals surface area contributed by atoms with Crippen LogP contribution in [0.15, 0.2) is 55.1 Å². The molecule has 0 N–H and O–H groups in total. The van der Waals surface area contributed by atoms with Crippen LogP contribution in [0.2, 0.25) is 5.02 Å². The van der Waals surface area contributed by atoms with Gasteiger partial charge < -0.3 is 9.47 Å². The molecule has 122 valence electrons. The van der Waals surface area contributed by atoms with Gasteiger partial charge in [0.05, 0.1) is 23.8 Å². The van der Waals surface area contributed by atoms with Crippen LogP contribution in [0.3, 0.4) is 0 Å². The number of carbonyl (C=O) groups excluding carboxylic acids is 1. The summed E-state index contributed by atoms with van der Waals surface area (Å²) in [5.41, 5.74) is 1.11. The molecule has 7 heteroatoms. The van der Waals surface area contributed by atoms with Crippen LogP contribution in [0.25, 0.3) is 0 Å². The average molecular weight is 342 g/mol. The third-order valence-corrected chi connectivity index (χ3v) is 4.46. The molecule has 0 spiro atoms. The number of halogens is 1. The highest BCUT2D eigenvalue weighted by Crippen LogP contribution is 2.29. The molecule has 1 amide bonds. The summed E-state index contributed by atoms with van der Waals surface area (Å²) in [4.78, 5) is 19.1. The Balaban J connectivity index is 1.64. The number of imidazole rings is 1. The van der Waals surface area contributed by atoms with Gasteiger partial charge in [0.15, 0.2) is 0 Å². The van der Waals surface area contributed by atoms with Crippen molar-refractivity contribution in [2.24, 2.45) is 0 Å². The van der Waals surface area contributed by atoms with E-state index in [1.54, 1.807) is 17.1 Å². The van der Waals surface area contributed by atoms with Crippen LogP contribution < -0.4 is 0 Å². The van der Waals surface area contributed by atoms with Crippen molar-refractivity contribution in [3.8, 4) is 0 Å². The summed E-state index contributed by atoms with van der Waals surface area (Å²) >= 11 is 5.88. The van der Waals surface area contributed by atoms with E-state index < -0.39 is 0 Å². The maximum atomic E-state index is 12.9. The molecule has 0 saturated carbocycles. The zero-order valence-corrected chi connectivity index (χ0v) is 13.7. The van der Waals surface area contributed by atoms with E-state index in [9.17, 15) is 4.79 Å². The monoisotopic (exact) mass is 341 g/mol. The van der Waals surface area contributed by atoms with Crippen molar-refractivity contribution in [2.45, 2.75) is 25.7 Å². The first kappa shape index (κ1) is 15.0. The number of hydrogen-bond acceptors (Lipinski definition) is 3. The molecule has 0 aliphatic carbocycles. The fourth-order valence-electron chi connectivity index (χ4n) is 3.08. The minimum atomic E-state index is -0.0218. The molecule has 0 radical (unpaired) electrons. The van der Waals surface area contributed by atoms with Gasteiger partial charge in [0, 0.05) is 25.1 Å². The van der Waals surface area contributed by atoms with Crippen LogP contribution in [-0.4, -0.2) is 30.1 Å². The lowest BCUT2D eigenvalue weighted by molar-refractivity contribution is -0.136. The molecule has 3 heterocycles. The SMILES string of the molecule is O=C(Cn1cc(Cl)cn1)N1Cc2nccn2CC1c1ccccc1. The second-order valence-electron chi connectivity index (χ2n) is 5.80. The quantitative estimate of drug-likeness (QED) is 0.735. The Morgan fingerprint density at radius 3 is 2.88 bits per heavy atom. The number of benzene rings is 1. The number of amides is 1. The predicted octanol–water partition coefficient (Wildman–Crippen LogP) is 2.52. The van der Waals surface area contributed by atoms with Crippen molar-refractivity contribution in [3.63, 3.8) is 0 Å². The summed E-state index contributed by atoms with van der Waals surface area (Å²) in [5.74, 6) is 0.895. The van der Waals surface area contributed by atoms with Gasteiger partial charge in [0.25, 0.3) is 0 Å². The Hall–Kier alpha value is -2.60. The van der Waals surface area contributed by atoms with Gasteiger partial charge in [-0.3, -0.25) is 9.48 Å². The van der Waals surface area contributed by atoms with Gasteiger partial charge in [-0.05, 0) is 5.56 Å². The maximum Gasteiger partial charge on any atom is 0.245 e. The number of carbonyl (C=O) groups is 1. The number of nitrogens with zero attached hydrogens (tertiary/aromatic N) is 5. The van der Waals surface area contributed by atoms with Crippen LogP contribution in [0.4, 0.5) is 0 Å². The van der Waals surface area contributed by atoms with Crippen molar-refractivity contribution in [1.29, 1.82) is 0 Å². The van der Waals surface area contributed by atoms with Gasteiger partial charge in [0.2, 0.25) is 5.91 Å². The van der Waals surface area contributed by atoms with Gasteiger partial charge in [0.1, 0.15) is 12.4 Å². The normalized spacial score (nSPS) is 16.9. The summed E-state index contributed by atoms with van der Waals surface area (Å²) in [7, 11) is 0. The lowest BCUT2D eigenvalue weighted by Crippen LogP contribution is -2.42. The van der Waals surface area contributed by atoms with E-state index in [1.165, 1.54) is 6.20 Å². The van der Waals surface area contributed by atoms with Crippen molar-refractivity contribution >= 4 is 17.5 Å². The highest BCUT2D eigenvalue weighted by molar-refractivity contribution is 6.30. The third-order valence-electron chi connectivity index (χ3n) is 4.26. The first-order valence-electron chi connectivity index (χ1n) is 7.73. The van der Waals surface area contributed by atoms with E-state index in [-0.39, 0.29) is 18.5 Å². The van der Waals surface area contributed by atoms with Crippen molar-refractivity contribution < 1.29 is 4.79 Å². The van der Waals surface area contributed by atoms with Crippen LogP contribution in [-0.2, 0) is 24.4 Å². The largest absolute Gasteiger partial charge is 0.331 e. The fraction of sp³-hybridized carbons (Fsp3) is 0.235. The first-order valence-corrected chi connectivity index (χ1v) is 8.11. The van der Waals surface area contributed by atoms with Gasteiger partial charge in [-0.1, -0.05) is 41.9 Å². The average Bonchev–Trinajstić information content (AvgIpc) is 3.22. The van der Waals surface area contributed by atoms with Crippen molar-refractivity contribution in [1.82, 2.24) is 24.2 Å². The summed E-state index contributed by atoms with van der Waals surface area (Å²) in [6.45, 7) is 1.35. The molecule has 1 atom stereocenters. The van der Waals surface area contributed by atoms with E-state index in [2.05, 4.69) is 26.8 Å². The van der Waals surface area contributed by atoms with E-state index >= 15 is 0 Å². The van der Waals surface area contributed by atoms with Crippen molar-refractivity contribution in [2.75, 3.05) is 0 Å².